The van der Waals surface area contributed by atoms with Crippen LogP contribution in [-0.2, 0) is 6.54 Å². The molecule has 0 atom stereocenters. The molecule has 0 amide bonds. The van der Waals surface area contributed by atoms with E-state index >= 15 is 0 Å². The zero-order valence-electron chi connectivity index (χ0n) is 16.7. The predicted octanol–water partition coefficient (Wildman–Crippen LogP) is 4.54. The van der Waals surface area contributed by atoms with Gasteiger partial charge in [0, 0.05) is 18.0 Å². The topological polar surface area (TPSA) is 91.0 Å². The Labute approximate surface area is 170 Å². The van der Waals surface area contributed by atoms with Gasteiger partial charge in [0.05, 0.1) is 17.6 Å². The SMILES string of the molecule is CC1CCN(Cc2nc3ccc(Oc4ccc(/C(N)=C/C=N)cc4)cc3[nH]2)CC1. The molecular formula is C23H27N5O. The first-order valence-corrected chi connectivity index (χ1v) is 10.1. The molecule has 1 aromatic heterocycles. The first-order chi connectivity index (χ1) is 14.1. The Bertz CT molecular complexity index is 1010. The van der Waals surface area contributed by atoms with Crippen molar-refractivity contribution in [2.24, 2.45) is 11.7 Å². The Hall–Kier alpha value is -3.12. The molecule has 0 saturated carbocycles. The number of nitrogens with zero attached hydrogens (tertiary/aromatic N) is 2. The number of hydrogen-bond acceptors (Lipinski definition) is 5. The van der Waals surface area contributed by atoms with Crippen molar-refractivity contribution in [1.82, 2.24) is 14.9 Å². The summed E-state index contributed by atoms with van der Waals surface area (Å²) in [5.41, 5.74) is 9.26. The molecule has 0 radical (unpaired) electrons. The molecule has 1 saturated heterocycles. The molecular weight excluding hydrogens is 362 g/mol. The van der Waals surface area contributed by atoms with E-state index < -0.39 is 0 Å². The second kappa shape index (κ2) is 8.49. The van der Waals surface area contributed by atoms with E-state index in [1.165, 1.54) is 19.1 Å². The maximum Gasteiger partial charge on any atom is 0.129 e. The molecule has 0 bridgehead atoms. The normalized spacial score (nSPS) is 16.2. The van der Waals surface area contributed by atoms with Crippen molar-refractivity contribution >= 4 is 22.9 Å². The summed E-state index contributed by atoms with van der Waals surface area (Å²) in [7, 11) is 0. The number of hydrogen-bond donors (Lipinski definition) is 3. The van der Waals surface area contributed by atoms with Crippen LogP contribution in [-0.4, -0.2) is 34.2 Å². The maximum absolute atomic E-state index is 7.10. The van der Waals surface area contributed by atoms with E-state index in [1.807, 2.05) is 42.5 Å². The molecule has 150 valence electrons. The third-order valence-corrected chi connectivity index (χ3v) is 5.44. The molecule has 4 N–H and O–H groups in total. The van der Waals surface area contributed by atoms with Crippen LogP contribution in [0, 0.1) is 11.3 Å². The third-order valence-electron chi connectivity index (χ3n) is 5.44. The van der Waals surface area contributed by atoms with Crippen LogP contribution in [0.4, 0.5) is 0 Å². The van der Waals surface area contributed by atoms with Crippen LogP contribution in [0.5, 0.6) is 11.5 Å². The Balaban J connectivity index is 1.45. The molecule has 6 nitrogen and oxygen atoms in total. The molecule has 1 fully saturated rings. The summed E-state index contributed by atoms with van der Waals surface area (Å²) in [5.74, 6) is 3.33. The average molecular weight is 390 g/mol. The van der Waals surface area contributed by atoms with Gasteiger partial charge in [0.15, 0.2) is 0 Å². The quantitative estimate of drug-likeness (QED) is 0.540. The van der Waals surface area contributed by atoms with Crippen molar-refractivity contribution in [2.45, 2.75) is 26.3 Å². The Morgan fingerprint density at radius 1 is 1.21 bits per heavy atom. The van der Waals surface area contributed by atoms with Gasteiger partial charge in [-0.2, -0.15) is 0 Å². The third kappa shape index (κ3) is 4.66. The summed E-state index contributed by atoms with van der Waals surface area (Å²) in [4.78, 5) is 10.6. The fraction of sp³-hybridized carbons (Fsp3) is 0.304. The summed E-state index contributed by atoms with van der Waals surface area (Å²) in [5, 5.41) is 7.10. The molecule has 2 aromatic carbocycles. The van der Waals surface area contributed by atoms with Gasteiger partial charge in [0.2, 0.25) is 0 Å². The van der Waals surface area contributed by atoms with E-state index in [1.54, 1.807) is 6.08 Å². The van der Waals surface area contributed by atoms with Crippen LogP contribution in [0.25, 0.3) is 16.7 Å². The molecule has 3 aromatic rings. The van der Waals surface area contributed by atoms with E-state index in [0.717, 1.165) is 59.5 Å². The minimum absolute atomic E-state index is 0.557. The predicted molar refractivity (Wildman–Crippen MR) is 117 cm³/mol. The van der Waals surface area contributed by atoms with E-state index in [0.29, 0.717) is 5.70 Å². The summed E-state index contributed by atoms with van der Waals surface area (Å²) < 4.78 is 5.99. The van der Waals surface area contributed by atoms with E-state index in [-0.39, 0.29) is 0 Å². The van der Waals surface area contributed by atoms with E-state index in [2.05, 4.69) is 16.8 Å². The molecule has 0 aliphatic carbocycles. The van der Waals surface area contributed by atoms with Gasteiger partial charge in [0.1, 0.15) is 17.3 Å². The lowest BCUT2D eigenvalue weighted by molar-refractivity contribution is 0.182. The van der Waals surface area contributed by atoms with Crippen molar-refractivity contribution in [3.63, 3.8) is 0 Å². The van der Waals surface area contributed by atoms with Gasteiger partial charge in [-0.25, -0.2) is 4.98 Å². The lowest BCUT2D eigenvalue weighted by Gasteiger charge is -2.29. The van der Waals surface area contributed by atoms with Crippen LogP contribution in [0.15, 0.2) is 48.5 Å². The fourth-order valence-corrected chi connectivity index (χ4v) is 3.65. The van der Waals surface area contributed by atoms with Crippen LogP contribution < -0.4 is 10.5 Å². The lowest BCUT2D eigenvalue weighted by atomic mass is 9.99. The fourth-order valence-electron chi connectivity index (χ4n) is 3.65. The molecule has 29 heavy (non-hydrogen) atoms. The molecule has 1 aliphatic rings. The highest BCUT2D eigenvalue weighted by atomic mass is 16.5. The van der Waals surface area contributed by atoms with Crippen LogP contribution in [0.2, 0.25) is 0 Å². The highest BCUT2D eigenvalue weighted by Crippen LogP contribution is 2.26. The number of aromatic nitrogens is 2. The molecule has 2 heterocycles. The van der Waals surface area contributed by atoms with E-state index in [9.17, 15) is 0 Å². The Kier molecular flexibility index (Phi) is 5.62. The number of benzene rings is 2. The summed E-state index contributed by atoms with van der Waals surface area (Å²) >= 11 is 0. The molecule has 4 rings (SSSR count). The van der Waals surface area contributed by atoms with E-state index in [4.69, 9.17) is 20.9 Å². The van der Waals surface area contributed by atoms with Crippen molar-refractivity contribution in [2.75, 3.05) is 13.1 Å². The molecule has 6 heteroatoms. The summed E-state index contributed by atoms with van der Waals surface area (Å²) in [6, 6.07) is 13.4. The number of nitrogens with two attached hydrogens (primary N) is 1. The Morgan fingerprint density at radius 3 is 2.66 bits per heavy atom. The smallest absolute Gasteiger partial charge is 0.129 e. The van der Waals surface area contributed by atoms with Gasteiger partial charge in [-0.3, -0.25) is 4.90 Å². The van der Waals surface area contributed by atoms with Gasteiger partial charge in [0.25, 0.3) is 0 Å². The van der Waals surface area contributed by atoms with Gasteiger partial charge in [-0.05, 0) is 79.9 Å². The number of H-pyrrole nitrogens is 1. The minimum Gasteiger partial charge on any atom is -0.457 e. The lowest BCUT2D eigenvalue weighted by Crippen LogP contribution is -2.32. The van der Waals surface area contributed by atoms with Crippen molar-refractivity contribution in [3.8, 4) is 11.5 Å². The van der Waals surface area contributed by atoms with Crippen LogP contribution in [0.1, 0.15) is 31.2 Å². The molecule has 0 unspecified atom stereocenters. The van der Waals surface area contributed by atoms with Crippen molar-refractivity contribution in [1.29, 1.82) is 5.41 Å². The number of imidazole rings is 1. The number of ether oxygens (including phenoxy) is 1. The molecule has 0 spiro atoms. The number of likely N-dealkylation sites (tertiary alicyclic amines) is 1. The second-order valence-corrected chi connectivity index (χ2v) is 7.74. The number of nitrogens with one attached hydrogen (secondary N) is 2. The monoisotopic (exact) mass is 389 g/mol. The number of aromatic amines is 1. The zero-order chi connectivity index (χ0) is 20.2. The first kappa shape index (κ1) is 19.2. The first-order valence-electron chi connectivity index (χ1n) is 10.1. The number of piperidine rings is 1. The van der Waals surface area contributed by atoms with Gasteiger partial charge >= 0.3 is 0 Å². The average Bonchev–Trinajstić information content (AvgIpc) is 3.12. The standard InChI is InChI=1S/C23H27N5O/c1-16-9-12-28(13-10-16)15-23-26-21-7-6-19(14-22(21)27-23)29-18-4-2-17(3-5-18)20(25)8-11-24/h2-8,11,14,16,24H,9-10,12-13,15,25H2,1H3,(H,26,27)/b20-8-,24-11?. The van der Waals surface area contributed by atoms with Crippen LogP contribution >= 0.6 is 0 Å². The number of allylic oxidation sites excluding steroid dienone is 1. The minimum atomic E-state index is 0.557. The largest absolute Gasteiger partial charge is 0.457 e. The maximum atomic E-state index is 7.10. The van der Waals surface area contributed by atoms with Gasteiger partial charge in [-0.15, -0.1) is 0 Å². The second-order valence-electron chi connectivity index (χ2n) is 7.74. The van der Waals surface area contributed by atoms with Gasteiger partial charge in [-0.1, -0.05) is 6.92 Å². The zero-order valence-corrected chi connectivity index (χ0v) is 16.7. The summed E-state index contributed by atoms with van der Waals surface area (Å²) in [6.45, 7) is 5.48. The number of rotatable bonds is 6. The highest BCUT2D eigenvalue weighted by molar-refractivity contribution is 5.81. The van der Waals surface area contributed by atoms with Gasteiger partial charge < -0.3 is 20.9 Å². The summed E-state index contributed by atoms with van der Waals surface area (Å²) in [6.07, 6.45) is 5.27. The number of fused-ring (bicyclic) bond motifs is 1. The Morgan fingerprint density at radius 2 is 1.93 bits per heavy atom. The van der Waals surface area contributed by atoms with Crippen molar-refractivity contribution in [3.05, 3.63) is 59.9 Å². The van der Waals surface area contributed by atoms with Crippen LogP contribution in [0.3, 0.4) is 0 Å². The molecule has 1 aliphatic heterocycles. The highest BCUT2D eigenvalue weighted by Gasteiger charge is 2.17. The van der Waals surface area contributed by atoms with Crippen molar-refractivity contribution < 1.29 is 4.74 Å².